The number of nitrogens with one attached hydrogen (secondary N) is 1. The van der Waals surface area contributed by atoms with E-state index in [0.717, 1.165) is 34.0 Å². The van der Waals surface area contributed by atoms with E-state index in [-0.39, 0.29) is 0 Å². The lowest BCUT2D eigenvalue weighted by atomic mass is 10.2. The second-order valence-electron chi connectivity index (χ2n) is 4.34. The van der Waals surface area contributed by atoms with Gasteiger partial charge in [-0.25, -0.2) is 9.97 Å². The van der Waals surface area contributed by atoms with Gasteiger partial charge in [0.05, 0.1) is 0 Å². The Balaban J connectivity index is 2.23. The van der Waals surface area contributed by atoms with E-state index < -0.39 is 0 Å². The predicted octanol–water partition coefficient (Wildman–Crippen LogP) is 3.42. The largest absolute Gasteiger partial charge is 0.370 e. The van der Waals surface area contributed by atoms with Gasteiger partial charge in [-0.3, -0.25) is 0 Å². The molecule has 0 atom stereocenters. The minimum Gasteiger partial charge on any atom is -0.370 e. The van der Waals surface area contributed by atoms with Crippen LogP contribution in [0, 0.1) is 0 Å². The van der Waals surface area contributed by atoms with E-state index in [1.807, 2.05) is 6.07 Å². The molecule has 0 saturated carbocycles. The Kier molecular flexibility index (Phi) is 5.09. The number of aromatic nitrogens is 4. The number of anilines is 1. The van der Waals surface area contributed by atoms with E-state index >= 15 is 0 Å². The normalized spacial score (nSPS) is 10.9. The smallest absolute Gasteiger partial charge is 0.180 e. The molecule has 2 aromatic heterocycles. The van der Waals surface area contributed by atoms with Gasteiger partial charge in [-0.05, 0) is 18.2 Å². The Labute approximate surface area is 121 Å². The fraction of sp³-hybridized carbons (Fsp3) is 0.500. The van der Waals surface area contributed by atoms with E-state index in [9.17, 15) is 0 Å². The average Bonchev–Trinajstić information content (AvgIpc) is 2.89. The lowest BCUT2D eigenvalue weighted by Crippen LogP contribution is -2.06. The molecule has 2 aromatic rings. The summed E-state index contributed by atoms with van der Waals surface area (Å²) in [4.78, 5) is 9.10. The molecule has 0 saturated heterocycles. The van der Waals surface area contributed by atoms with Gasteiger partial charge in [0.15, 0.2) is 4.34 Å². The molecule has 5 nitrogen and oxygen atoms in total. The van der Waals surface area contributed by atoms with Crippen LogP contribution >= 0.6 is 23.1 Å². The zero-order valence-corrected chi connectivity index (χ0v) is 12.9. The summed E-state index contributed by atoms with van der Waals surface area (Å²) in [6, 6.07) is 1.97. The maximum Gasteiger partial charge on any atom is 0.180 e. The maximum absolute atomic E-state index is 4.57. The summed E-state index contributed by atoms with van der Waals surface area (Å²) in [5, 5.41) is 12.1. The van der Waals surface area contributed by atoms with Gasteiger partial charge < -0.3 is 5.32 Å². The average molecular weight is 295 g/mol. The highest BCUT2D eigenvalue weighted by molar-refractivity contribution is 8.00. The predicted molar refractivity (Wildman–Crippen MR) is 78.9 cm³/mol. The van der Waals surface area contributed by atoms with Crippen LogP contribution in [0.5, 0.6) is 0 Å². The highest BCUT2D eigenvalue weighted by Crippen LogP contribution is 2.29. The van der Waals surface area contributed by atoms with Gasteiger partial charge in [0.25, 0.3) is 0 Å². The molecule has 0 aliphatic heterocycles. The van der Waals surface area contributed by atoms with Crippen molar-refractivity contribution < 1.29 is 0 Å². The number of rotatable bonds is 6. The standard InChI is InChI=1S/C12H17N5S2/c1-4-5-13-9-6-10(16-11(15-9)8(2)3)19-12-17-14-7-18-12/h6-8H,4-5H2,1-3H3,(H,13,15,16). The minimum atomic E-state index is 0.303. The highest BCUT2D eigenvalue weighted by Gasteiger charge is 2.10. The van der Waals surface area contributed by atoms with Crippen LogP contribution in [0.25, 0.3) is 0 Å². The zero-order valence-electron chi connectivity index (χ0n) is 11.3. The van der Waals surface area contributed by atoms with E-state index in [0.29, 0.717) is 5.92 Å². The molecule has 0 unspecified atom stereocenters. The zero-order chi connectivity index (χ0) is 13.7. The summed E-state index contributed by atoms with van der Waals surface area (Å²) in [5.74, 6) is 2.04. The second-order valence-corrected chi connectivity index (χ2v) is 6.44. The van der Waals surface area contributed by atoms with Crippen LogP contribution in [-0.4, -0.2) is 26.7 Å². The topological polar surface area (TPSA) is 63.6 Å². The number of nitrogens with zero attached hydrogens (tertiary/aromatic N) is 4. The van der Waals surface area contributed by atoms with Crippen LogP contribution in [-0.2, 0) is 0 Å². The highest BCUT2D eigenvalue weighted by atomic mass is 32.2. The molecule has 19 heavy (non-hydrogen) atoms. The third-order valence-electron chi connectivity index (χ3n) is 2.32. The Morgan fingerprint density at radius 1 is 1.37 bits per heavy atom. The first-order chi connectivity index (χ1) is 9.19. The fourth-order valence-corrected chi connectivity index (χ4v) is 2.83. The number of hydrogen-bond donors (Lipinski definition) is 1. The van der Waals surface area contributed by atoms with Crippen molar-refractivity contribution in [2.75, 3.05) is 11.9 Å². The molecule has 0 spiro atoms. The molecule has 0 fully saturated rings. The first-order valence-electron chi connectivity index (χ1n) is 6.26. The molecule has 0 aliphatic carbocycles. The van der Waals surface area contributed by atoms with Gasteiger partial charge in [0, 0.05) is 18.5 Å². The molecule has 2 heterocycles. The Morgan fingerprint density at radius 3 is 2.84 bits per heavy atom. The van der Waals surface area contributed by atoms with E-state index in [2.05, 4.69) is 46.3 Å². The van der Waals surface area contributed by atoms with E-state index in [1.54, 1.807) is 5.51 Å². The van der Waals surface area contributed by atoms with Crippen molar-refractivity contribution in [1.29, 1.82) is 0 Å². The third-order valence-corrected chi connectivity index (χ3v) is 4.02. The molecule has 102 valence electrons. The summed E-state index contributed by atoms with van der Waals surface area (Å²) in [5.41, 5.74) is 1.73. The van der Waals surface area contributed by atoms with E-state index in [1.165, 1.54) is 23.1 Å². The Hall–Kier alpha value is -1.21. The lowest BCUT2D eigenvalue weighted by molar-refractivity contribution is 0.753. The molecule has 2 rings (SSSR count). The molecular weight excluding hydrogens is 278 g/mol. The Bertz CT molecular complexity index is 513. The van der Waals surface area contributed by atoms with Crippen LogP contribution in [0.3, 0.4) is 0 Å². The van der Waals surface area contributed by atoms with Crippen molar-refractivity contribution >= 4 is 28.9 Å². The van der Waals surface area contributed by atoms with Crippen LogP contribution in [0.1, 0.15) is 38.9 Å². The molecule has 0 amide bonds. The quantitative estimate of drug-likeness (QED) is 0.824. The van der Waals surface area contributed by atoms with Crippen LogP contribution in [0.4, 0.5) is 5.82 Å². The maximum atomic E-state index is 4.57. The summed E-state index contributed by atoms with van der Waals surface area (Å²) >= 11 is 3.04. The van der Waals surface area contributed by atoms with Gasteiger partial charge in [0.2, 0.25) is 0 Å². The summed E-state index contributed by atoms with van der Waals surface area (Å²) < 4.78 is 0.898. The van der Waals surface area contributed by atoms with Crippen molar-refractivity contribution in [3.8, 4) is 0 Å². The van der Waals surface area contributed by atoms with Crippen LogP contribution < -0.4 is 5.32 Å². The van der Waals surface area contributed by atoms with Crippen molar-refractivity contribution in [3.05, 3.63) is 17.4 Å². The molecule has 0 bridgehead atoms. The van der Waals surface area contributed by atoms with Gasteiger partial charge in [-0.15, -0.1) is 10.2 Å². The molecule has 1 N–H and O–H groups in total. The first-order valence-corrected chi connectivity index (χ1v) is 7.95. The summed E-state index contributed by atoms with van der Waals surface area (Å²) in [6.07, 6.45) is 1.07. The molecule has 7 heteroatoms. The SMILES string of the molecule is CCCNc1cc(Sc2nncs2)nc(C(C)C)n1. The van der Waals surface area contributed by atoms with E-state index in [4.69, 9.17) is 0 Å². The van der Waals surface area contributed by atoms with Crippen molar-refractivity contribution in [1.82, 2.24) is 20.2 Å². The van der Waals surface area contributed by atoms with Gasteiger partial charge in [-0.1, -0.05) is 32.1 Å². The minimum absolute atomic E-state index is 0.303. The third kappa shape index (κ3) is 4.14. The molecule has 0 aliphatic rings. The van der Waals surface area contributed by atoms with Crippen LogP contribution in [0.2, 0.25) is 0 Å². The van der Waals surface area contributed by atoms with Gasteiger partial charge >= 0.3 is 0 Å². The monoisotopic (exact) mass is 295 g/mol. The van der Waals surface area contributed by atoms with Crippen LogP contribution in [0.15, 0.2) is 20.9 Å². The number of hydrogen-bond acceptors (Lipinski definition) is 7. The van der Waals surface area contributed by atoms with Gasteiger partial charge in [-0.2, -0.15) is 0 Å². The van der Waals surface area contributed by atoms with Crippen molar-refractivity contribution in [2.45, 2.75) is 42.5 Å². The second kappa shape index (κ2) is 6.81. The Morgan fingerprint density at radius 2 is 2.21 bits per heavy atom. The molecule has 0 radical (unpaired) electrons. The molecular formula is C12H17N5S2. The molecule has 0 aromatic carbocycles. The fourth-order valence-electron chi connectivity index (χ4n) is 1.39. The van der Waals surface area contributed by atoms with Crippen molar-refractivity contribution in [2.24, 2.45) is 0 Å². The lowest BCUT2D eigenvalue weighted by Gasteiger charge is -2.10. The summed E-state index contributed by atoms with van der Waals surface area (Å²) in [7, 11) is 0. The first kappa shape index (κ1) is 14.2. The van der Waals surface area contributed by atoms with Gasteiger partial charge in [0.1, 0.15) is 22.2 Å². The summed E-state index contributed by atoms with van der Waals surface area (Å²) in [6.45, 7) is 7.24. The van der Waals surface area contributed by atoms with Crippen molar-refractivity contribution in [3.63, 3.8) is 0 Å².